The van der Waals surface area contributed by atoms with E-state index in [-0.39, 0.29) is 6.61 Å². The van der Waals surface area contributed by atoms with Crippen molar-refractivity contribution in [1.29, 1.82) is 0 Å². The number of aryl methyl sites for hydroxylation is 1. The van der Waals surface area contributed by atoms with Gasteiger partial charge in [0.2, 0.25) is 0 Å². The second-order valence-corrected chi connectivity index (χ2v) is 5.15. The molecule has 0 aromatic heterocycles. The predicted octanol–water partition coefficient (Wildman–Crippen LogP) is 3.18. The van der Waals surface area contributed by atoms with Crippen LogP contribution in [0.2, 0.25) is 0 Å². The number of nitrogens with one attached hydrogen (secondary N) is 1. The quantitative estimate of drug-likeness (QED) is 0.821. The van der Waals surface area contributed by atoms with E-state index in [1.54, 1.807) is 0 Å². The molecule has 0 heterocycles. The van der Waals surface area contributed by atoms with Crippen LogP contribution in [0, 0.1) is 6.92 Å². The summed E-state index contributed by atoms with van der Waals surface area (Å²) in [4.78, 5) is 0. The third-order valence-corrected chi connectivity index (χ3v) is 3.38. The van der Waals surface area contributed by atoms with Crippen molar-refractivity contribution in [1.82, 2.24) is 5.32 Å². The molecule has 0 amide bonds. The number of aliphatic hydroxyl groups excluding tert-OH is 1. The van der Waals surface area contributed by atoms with E-state index in [0.29, 0.717) is 6.61 Å². The van der Waals surface area contributed by atoms with Crippen LogP contribution in [0.15, 0.2) is 42.5 Å². The van der Waals surface area contributed by atoms with Crippen molar-refractivity contribution >= 4 is 0 Å². The first kappa shape index (κ1) is 15.5. The number of hydrogen-bond donors (Lipinski definition) is 2. The highest BCUT2D eigenvalue weighted by Gasteiger charge is 2.04. The Morgan fingerprint density at radius 3 is 2.43 bits per heavy atom. The van der Waals surface area contributed by atoms with Gasteiger partial charge in [-0.2, -0.15) is 0 Å². The lowest BCUT2D eigenvalue weighted by Crippen LogP contribution is -2.13. The molecule has 0 aliphatic carbocycles. The van der Waals surface area contributed by atoms with E-state index in [4.69, 9.17) is 9.84 Å². The van der Waals surface area contributed by atoms with E-state index in [0.717, 1.165) is 30.0 Å². The topological polar surface area (TPSA) is 41.5 Å². The number of ether oxygens (including phenoxy) is 1. The Morgan fingerprint density at radius 1 is 1.05 bits per heavy atom. The Bertz CT molecular complexity index is 564. The smallest absolute Gasteiger partial charge is 0.124 e. The largest absolute Gasteiger partial charge is 0.489 e. The standard InChI is InChI=1S/C18H23NO2/c1-3-19-11-17-10-14(2)4-9-18(17)21-13-16-7-5-15(12-20)6-8-16/h4-10,19-20H,3,11-13H2,1-2H3. The normalized spacial score (nSPS) is 10.6. The fourth-order valence-corrected chi connectivity index (χ4v) is 2.15. The fraction of sp³-hybridized carbons (Fsp3) is 0.333. The van der Waals surface area contributed by atoms with Gasteiger partial charge < -0.3 is 15.2 Å². The molecule has 0 unspecified atom stereocenters. The van der Waals surface area contributed by atoms with Crippen LogP contribution in [-0.2, 0) is 19.8 Å². The molecule has 2 rings (SSSR count). The molecule has 0 fully saturated rings. The van der Waals surface area contributed by atoms with Gasteiger partial charge in [0, 0.05) is 12.1 Å². The molecule has 0 aliphatic heterocycles. The third kappa shape index (κ3) is 4.59. The Hall–Kier alpha value is -1.84. The van der Waals surface area contributed by atoms with Crippen molar-refractivity contribution in [2.24, 2.45) is 0 Å². The molecule has 2 aromatic rings. The SMILES string of the molecule is CCNCc1cc(C)ccc1OCc1ccc(CO)cc1. The van der Waals surface area contributed by atoms with E-state index in [1.165, 1.54) is 11.1 Å². The Balaban J connectivity index is 2.04. The van der Waals surface area contributed by atoms with E-state index < -0.39 is 0 Å². The Kier molecular flexibility index (Phi) is 5.78. The third-order valence-electron chi connectivity index (χ3n) is 3.38. The van der Waals surface area contributed by atoms with Crippen molar-refractivity contribution in [3.05, 3.63) is 64.7 Å². The Morgan fingerprint density at radius 2 is 1.76 bits per heavy atom. The van der Waals surface area contributed by atoms with Gasteiger partial charge in [0.1, 0.15) is 12.4 Å². The maximum absolute atomic E-state index is 9.04. The summed E-state index contributed by atoms with van der Waals surface area (Å²) in [5.74, 6) is 0.924. The van der Waals surface area contributed by atoms with E-state index >= 15 is 0 Å². The molecule has 21 heavy (non-hydrogen) atoms. The highest BCUT2D eigenvalue weighted by Crippen LogP contribution is 2.21. The lowest BCUT2D eigenvalue weighted by Gasteiger charge is -2.13. The summed E-state index contributed by atoms with van der Waals surface area (Å²) in [6.07, 6.45) is 0. The zero-order chi connectivity index (χ0) is 15.1. The monoisotopic (exact) mass is 285 g/mol. The highest BCUT2D eigenvalue weighted by molar-refractivity contribution is 5.37. The number of aliphatic hydroxyl groups is 1. The molecule has 0 bridgehead atoms. The summed E-state index contributed by atoms with van der Waals surface area (Å²) in [5, 5.41) is 12.4. The zero-order valence-corrected chi connectivity index (χ0v) is 12.7. The van der Waals surface area contributed by atoms with Gasteiger partial charge in [-0.3, -0.25) is 0 Å². The van der Waals surface area contributed by atoms with Crippen LogP contribution < -0.4 is 10.1 Å². The minimum atomic E-state index is 0.0753. The summed E-state index contributed by atoms with van der Waals surface area (Å²) in [7, 11) is 0. The van der Waals surface area contributed by atoms with Gasteiger partial charge in [-0.25, -0.2) is 0 Å². The number of benzene rings is 2. The van der Waals surface area contributed by atoms with E-state index in [9.17, 15) is 0 Å². The molecule has 0 radical (unpaired) electrons. The number of rotatable bonds is 7. The summed E-state index contributed by atoms with van der Waals surface area (Å²) in [6.45, 7) is 6.55. The molecule has 2 aromatic carbocycles. The van der Waals surface area contributed by atoms with Crippen molar-refractivity contribution in [3.8, 4) is 5.75 Å². The molecule has 2 N–H and O–H groups in total. The van der Waals surface area contributed by atoms with Crippen LogP contribution in [0.1, 0.15) is 29.2 Å². The second-order valence-electron chi connectivity index (χ2n) is 5.15. The van der Waals surface area contributed by atoms with Crippen molar-refractivity contribution < 1.29 is 9.84 Å². The van der Waals surface area contributed by atoms with Crippen LogP contribution in [0.25, 0.3) is 0 Å². The van der Waals surface area contributed by atoms with Crippen LogP contribution in [0.4, 0.5) is 0 Å². The van der Waals surface area contributed by atoms with Gasteiger partial charge in [0.15, 0.2) is 0 Å². The van der Waals surface area contributed by atoms with E-state index in [1.807, 2.05) is 30.3 Å². The van der Waals surface area contributed by atoms with Crippen LogP contribution >= 0.6 is 0 Å². The first-order chi connectivity index (χ1) is 10.2. The van der Waals surface area contributed by atoms with Gasteiger partial charge >= 0.3 is 0 Å². The Labute approximate surface area is 126 Å². The molecule has 112 valence electrons. The molecule has 3 heteroatoms. The van der Waals surface area contributed by atoms with E-state index in [2.05, 4.69) is 31.3 Å². The van der Waals surface area contributed by atoms with Crippen molar-refractivity contribution in [2.75, 3.05) is 6.54 Å². The number of hydrogen-bond acceptors (Lipinski definition) is 3. The van der Waals surface area contributed by atoms with Gasteiger partial charge in [0.05, 0.1) is 6.61 Å². The molecule has 3 nitrogen and oxygen atoms in total. The van der Waals surface area contributed by atoms with Crippen LogP contribution in [0.5, 0.6) is 5.75 Å². The minimum absolute atomic E-state index is 0.0753. The fourth-order valence-electron chi connectivity index (χ4n) is 2.15. The molecule has 0 saturated heterocycles. The van der Waals surface area contributed by atoms with Crippen LogP contribution in [0.3, 0.4) is 0 Å². The van der Waals surface area contributed by atoms with Crippen molar-refractivity contribution in [2.45, 2.75) is 33.6 Å². The maximum atomic E-state index is 9.04. The van der Waals surface area contributed by atoms with Crippen molar-refractivity contribution in [3.63, 3.8) is 0 Å². The van der Waals surface area contributed by atoms with Gasteiger partial charge in [-0.05, 0) is 30.7 Å². The summed E-state index contributed by atoms with van der Waals surface area (Å²) >= 11 is 0. The van der Waals surface area contributed by atoms with Gasteiger partial charge in [-0.15, -0.1) is 0 Å². The molecule has 0 spiro atoms. The first-order valence-electron chi connectivity index (χ1n) is 7.34. The molecule has 0 saturated carbocycles. The lowest BCUT2D eigenvalue weighted by molar-refractivity contribution is 0.281. The maximum Gasteiger partial charge on any atom is 0.124 e. The average Bonchev–Trinajstić information content (AvgIpc) is 2.52. The zero-order valence-electron chi connectivity index (χ0n) is 12.7. The minimum Gasteiger partial charge on any atom is -0.489 e. The lowest BCUT2D eigenvalue weighted by atomic mass is 10.1. The molecule has 0 atom stereocenters. The predicted molar refractivity (Wildman–Crippen MR) is 85.3 cm³/mol. The van der Waals surface area contributed by atoms with Crippen LogP contribution in [-0.4, -0.2) is 11.7 Å². The summed E-state index contributed by atoms with van der Waals surface area (Å²) in [6, 6.07) is 14.1. The first-order valence-corrected chi connectivity index (χ1v) is 7.34. The summed E-state index contributed by atoms with van der Waals surface area (Å²) in [5.41, 5.74) is 4.44. The molecule has 0 aliphatic rings. The molecular formula is C18H23NO2. The average molecular weight is 285 g/mol. The summed E-state index contributed by atoms with van der Waals surface area (Å²) < 4.78 is 5.95. The molecular weight excluding hydrogens is 262 g/mol. The second kappa shape index (κ2) is 7.81. The van der Waals surface area contributed by atoms with Gasteiger partial charge in [0.25, 0.3) is 0 Å². The highest BCUT2D eigenvalue weighted by atomic mass is 16.5. The van der Waals surface area contributed by atoms with Gasteiger partial charge in [-0.1, -0.05) is 48.9 Å².